The lowest BCUT2D eigenvalue weighted by Crippen LogP contribution is -2.53. The molecule has 0 aliphatic heterocycles. The topological polar surface area (TPSA) is 103 Å². The van der Waals surface area contributed by atoms with Crippen LogP contribution in [0.5, 0.6) is 0 Å². The van der Waals surface area contributed by atoms with Gasteiger partial charge in [0.1, 0.15) is 12.1 Å². The lowest BCUT2D eigenvalue weighted by molar-refractivity contribution is -0.142. The Balaban J connectivity index is 1.58. The molecule has 0 aliphatic carbocycles. The first-order chi connectivity index (χ1) is 16.9. The van der Waals surface area contributed by atoms with Crippen molar-refractivity contribution in [3.05, 3.63) is 108 Å². The van der Waals surface area contributed by atoms with Crippen LogP contribution in [-0.4, -0.2) is 51.9 Å². The molecule has 0 radical (unpaired) electrons. The number of amides is 2. The minimum absolute atomic E-state index is 0.111. The number of carbonyl (C=O) groups is 3. The number of nitrogens with one attached hydrogen (secondary N) is 2. The number of carbonyl (C=O) groups excluding carboxylic acids is 2. The lowest BCUT2D eigenvalue weighted by atomic mass is 10.0. The molecule has 7 heteroatoms. The number of carboxylic acids is 1. The highest BCUT2D eigenvalue weighted by Crippen LogP contribution is 2.20. The number of aromatic amines is 1. The van der Waals surface area contributed by atoms with Crippen LogP contribution >= 0.6 is 0 Å². The number of benzene rings is 3. The average molecular weight is 470 g/mol. The van der Waals surface area contributed by atoms with E-state index >= 15 is 0 Å². The van der Waals surface area contributed by atoms with E-state index in [9.17, 15) is 19.5 Å². The van der Waals surface area contributed by atoms with Crippen LogP contribution in [-0.2, 0) is 22.4 Å². The maximum Gasteiger partial charge on any atom is 0.326 e. The highest BCUT2D eigenvalue weighted by Gasteiger charge is 2.31. The molecule has 1 heterocycles. The second-order valence-electron chi connectivity index (χ2n) is 8.45. The summed E-state index contributed by atoms with van der Waals surface area (Å²) in [5.41, 5.74) is 3.01. The van der Waals surface area contributed by atoms with E-state index in [1.165, 1.54) is 4.90 Å². The first-order valence-corrected chi connectivity index (χ1v) is 11.4. The summed E-state index contributed by atoms with van der Waals surface area (Å²) < 4.78 is 0. The van der Waals surface area contributed by atoms with Gasteiger partial charge in [-0.15, -0.1) is 0 Å². The smallest absolute Gasteiger partial charge is 0.326 e. The molecule has 35 heavy (non-hydrogen) atoms. The van der Waals surface area contributed by atoms with Gasteiger partial charge in [0.15, 0.2) is 0 Å². The fourth-order valence-electron chi connectivity index (χ4n) is 4.16. The maximum absolute atomic E-state index is 13.5. The quantitative estimate of drug-likeness (QED) is 0.348. The van der Waals surface area contributed by atoms with Gasteiger partial charge in [-0.1, -0.05) is 66.7 Å². The van der Waals surface area contributed by atoms with E-state index in [1.54, 1.807) is 37.5 Å². The fourth-order valence-corrected chi connectivity index (χ4v) is 4.16. The number of likely N-dealkylation sites (N-methyl/N-ethyl adjacent to an activating group) is 1. The van der Waals surface area contributed by atoms with E-state index < -0.39 is 24.0 Å². The molecule has 4 rings (SSSR count). The van der Waals surface area contributed by atoms with Gasteiger partial charge >= 0.3 is 5.97 Å². The van der Waals surface area contributed by atoms with E-state index in [-0.39, 0.29) is 18.7 Å². The number of para-hydroxylation sites is 1. The molecular formula is C28H27N3O4. The third-order valence-corrected chi connectivity index (χ3v) is 6.10. The highest BCUT2D eigenvalue weighted by atomic mass is 16.4. The highest BCUT2D eigenvalue weighted by molar-refractivity contribution is 5.98. The van der Waals surface area contributed by atoms with Crippen molar-refractivity contribution < 1.29 is 19.5 Å². The molecule has 0 unspecified atom stereocenters. The van der Waals surface area contributed by atoms with E-state index in [0.717, 1.165) is 22.0 Å². The van der Waals surface area contributed by atoms with Crippen LogP contribution < -0.4 is 5.32 Å². The van der Waals surface area contributed by atoms with Crippen molar-refractivity contribution >= 4 is 28.7 Å². The Morgan fingerprint density at radius 2 is 1.51 bits per heavy atom. The van der Waals surface area contributed by atoms with Crippen molar-refractivity contribution in [2.24, 2.45) is 0 Å². The van der Waals surface area contributed by atoms with Gasteiger partial charge in [0.05, 0.1) is 0 Å². The Labute approximate surface area is 203 Å². The van der Waals surface area contributed by atoms with Crippen LogP contribution in [0.25, 0.3) is 10.9 Å². The molecule has 0 fully saturated rings. The Morgan fingerprint density at radius 1 is 0.886 bits per heavy atom. The summed E-state index contributed by atoms with van der Waals surface area (Å²) in [7, 11) is 1.57. The average Bonchev–Trinajstić information content (AvgIpc) is 3.30. The molecule has 2 amide bonds. The van der Waals surface area contributed by atoms with Gasteiger partial charge in [0.2, 0.25) is 5.91 Å². The Bertz CT molecular complexity index is 1320. The van der Waals surface area contributed by atoms with Gasteiger partial charge in [-0.05, 0) is 29.3 Å². The predicted octanol–water partition coefficient (Wildman–Crippen LogP) is 3.66. The van der Waals surface area contributed by atoms with Crippen molar-refractivity contribution in [2.45, 2.75) is 24.9 Å². The number of aliphatic carboxylic acids is 1. The van der Waals surface area contributed by atoms with Crippen molar-refractivity contribution in [3.8, 4) is 0 Å². The molecule has 7 nitrogen and oxygen atoms in total. The van der Waals surface area contributed by atoms with Gasteiger partial charge in [-0.3, -0.25) is 9.59 Å². The number of fused-ring (bicyclic) bond motifs is 1. The van der Waals surface area contributed by atoms with E-state index in [4.69, 9.17) is 0 Å². The molecular weight excluding hydrogens is 442 g/mol. The molecule has 4 aromatic rings. The van der Waals surface area contributed by atoms with Gasteiger partial charge in [-0.2, -0.15) is 0 Å². The number of rotatable bonds is 9. The number of H-pyrrole nitrogens is 1. The normalized spacial score (nSPS) is 12.6. The SMILES string of the molecule is CN(C(=O)c1ccccc1)[C@@H](Cc1ccccc1)C(=O)N[C@@H](Cc1c[nH]c2ccccc12)C(=O)O. The largest absolute Gasteiger partial charge is 0.480 e. The van der Waals surface area contributed by atoms with E-state index in [2.05, 4.69) is 10.3 Å². The summed E-state index contributed by atoms with van der Waals surface area (Å²) in [6, 6.07) is 23.6. The zero-order chi connectivity index (χ0) is 24.8. The van der Waals surface area contributed by atoms with Crippen molar-refractivity contribution in [3.63, 3.8) is 0 Å². The molecule has 0 aliphatic rings. The first kappa shape index (κ1) is 23.8. The summed E-state index contributed by atoms with van der Waals surface area (Å²) in [6.45, 7) is 0. The summed E-state index contributed by atoms with van der Waals surface area (Å²) in [6.07, 6.45) is 2.12. The molecule has 0 bridgehead atoms. The van der Waals surface area contributed by atoms with E-state index in [1.807, 2.05) is 60.7 Å². The molecule has 1 aromatic heterocycles. The monoisotopic (exact) mass is 469 g/mol. The Morgan fingerprint density at radius 3 is 2.20 bits per heavy atom. The van der Waals surface area contributed by atoms with Gasteiger partial charge in [-0.25, -0.2) is 4.79 Å². The van der Waals surface area contributed by atoms with Crippen molar-refractivity contribution in [2.75, 3.05) is 7.05 Å². The first-order valence-electron chi connectivity index (χ1n) is 11.4. The molecule has 0 saturated carbocycles. The second-order valence-corrected chi connectivity index (χ2v) is 8.45. The third-order valence-electron chi connectivity index (χ3n) is 6.10. The number of nitrogens with zero attached hydrogens (tertiary/aromatic N) is 1. The zero-order valence-corrected chi connectivity index (χ0v) is 19.3. The van der Waals surface area contributed by atoms with Crippen LogP contribution in [0.3, 0.4) is 0 Å². The molecule has 0 saturated heterocycles. The minimum Gasteiger partial charge on any atom is -0.480 e. The summed E-state index contributed by atoms with van der Waals surface area (Å²) in [5.74, 6) is -1.97. The third kappa shape index (κ3) is 5.58. The van der Waals surface area contributed by atoms with Crippen LogP contribution in [0.1, 0.15) is 21.5 Å². The minimum atomic E-state index is -1.15. The standard InChI is InChI=1S/C28H27N3O4/c1-31(27(33)20-12-6-3-7-13-20)25(16-19-10-4-2-5-11-19)26(32)30-24(28(34)35)17-21-18-29-23-15-9-8-14-22(21)23/h2-15,18,24-25,29H,16-17H2,1H3,(H,30,32)(H,34,35)/t24-,25-/m0/s1. The van der Waals surface area contributed by atoms with Crippen molar-refractivity contribution in [1.29, 1.82) is 0 Å². The summed E-state index contributed by atoms with van der Waals surface area (Å²) >= 11 is 0. The number of hydrogen-bond acceptors (Lipinski definition) is 3. The molecule has 2 atom stereocenters. The van der Waals surface area contributed by atoms with Crippen LogP contribution in [0, 0.1) is 0 Å². The molecule has 3 N–H and O–H groups in total. The summed E-state index contributed by atoms with van der Waals surface area (Å²) in [4.78, 5) is 43.2. The Hall–Kier alpha value is -4.39. The molecule has 178 valence electrons. The van der Waals surface area contributed by atoms with Crippen LogP contribution in [0.15, 0.2) is 91.1 Å². The molecule has 3 aromatic carbocycles. The Kier molecular flexibility index (Phi) is 7.26. The fraction of sp³-hybridized carbons (Fsp3) is 0.179. The maximum atomic E-state index is 13.5. The van der Waals surface area contributed by atoms with Gasteiger partial charge < -0.3 is 20.3 Å². The lowest BCUT2D eigenvalue weighted by Gasteiger charge is -2.29. The van der Waals surface area contributed by atoms with Gasteiger partial charge in [0.25, 0.3) is 5.91 Å². The van der Waals surface area contributed by atoms with Crippen LogP contribution in [0.4, 0.5) is 0 Å². The van der Waals surface area contributed by atoms with Crippen LogP contribution in [0.2, 0.25) is 0 Å². The van der Waals surface area contributed by atoms with E-state index in [0.29, 0.717) is 5.56 Å². The van der Waals surface area contributed by atoms with Gasteiger partial charge in [0, 0.05) is 42.6 Å². The second kappa shape index (κ2) is 10.7. The number of aromatic nitrogens is 1. The zero-order valence-electron chi connectivity index (χ0n) is 19.3. The van der Waals surface area contributed by atoms with Crippen molar-refractivity contribution in [1.82, 2.24) is 15.2 Å². The number of hydrogen-bond donors (Lipinski definition) is 3. The summed E-state index contributed by atoms with van der Waals surface area (Å²) in [5, 5.41) is 13.5. The predicted molar refractivity (Wildman–Crippen MR) is 134 cm³/mol. The number of carboxylic acid groups (broad SMARTS) is 1. The molecule has 0 spiro atoms.